The molecule has 0 amide bonds. The molecular weight excluding hydrogens is 465 g/mol. The number of aryl methyl sites for hydroxylation is 1. The largest absolute Gasteiger partial charge is 0.462 e. The average molecular weight is 490 g/mol. The van der Waals surface area contributed by atoms with Gasteiger partial charge < -0.3 is 20.1 Å². The summed E-state index contributed by atoms with van der Waals surface area (Å²) in [5.74, 6) is -0.386. The molecular formula is C26H24FN5O2S. The summed E-state index contributed by atoms with van der Waals surface area (Å²) in [5.41, 5.74) is 11.8. The molecule has 178 valence electrons. The van der Waals surface area contributed by atoms with Gasteiger partial charge in [0, 0.05) is 23.0 Å². The highest BCUT2D eigenvalue weighted by atomic mass is 32.1. The lowest BCUT2D eigenvalue weighted by molar-refractivity contribution is 0.135. The molecule has 1 atom stereocenters. The third kappa shape index (κ3) is 3.44. The zero-order valence-corrected chi connectivity index (χ0v) is 20.3. The Morgan fingerprint density at radius 2 is 2.17 bits per heavy atom. The molecule has 2 aromatic heterocycles. The van der Waals surface area contributed by atoms with Crippen LogP contribution in [0.5, 0.6) is 6.01 Å². The van der Waals surface area contributed by atoms with Crippen LogP contribution in [0.3, 0.4) is 0 Å². The van der Waals surface area contributed by atoms with Crippen LogP contribution in [0.4, 0.5) is 9.39 Å². The minimum absolute atomic E-state index is 0.305. The molecule has 2 N–H and O–H groups in total. The minimum atomic E-state index is -0.386. The Labute approximate surface area is 205 Å². The van der Waals surface area contributed by atoms with E-state index < -0.39 is 0 Å². The number of nitrogen functional groups attached to an aromatic ring is 1. The SMILES string of the molecule is Cc1c(-c2ccc(F)c3sc(N)c(C#N)c23)c2c(c3cnc(OC[C@@H]4CCCN4C)nc13)COC2. The lowest BCUT2D eigenvalue weighted by Crippen LogP contribution is -2.30. The van der Waals surface area contributed by atoms with Crippen molar-refractivity contribution in [3.05, 3.63) is 46.4 Å². The second-order valence-electron chi connectivity index (χ2n) is 9.20. The van der Waals surface area contributed by atoms with Crippen LogP contribution in [0.15, 0.2) is 18.3 Å². The first-order chi connectivity index (χ1) is 17.0. The predicted molar refractivity (Wildman–Crippen MR) is 134 cm³/mol. The van der Waals surface area contributed by atoms with E-state index in [1.54, 1.807) is 6.07 Å². The Morgan fingerprint density at radius 1 is 1.34 bits per heavy atom. The van der Waals surface area contributed by atoms with Crippen LogP contribution in [0.25, 0.3) is 32.1 Å². The van der Waals surface area contributed by atoms with Crippen LogP contribution < -0.4 is 10.5 Å². The Bertz CT molecular complexity index is 1540. The van der Waals surface area contributed by atoms with Crippen molar-refractivity contribution in [1.29, 1.82) is 5.26 Å². The van der Waals surface area contributed by atoms with Gasteiger partial charge in [-0.05, 0) is 67.2 Å². The van der Waals surface area contributed by atoms with E-state index in [2.05, 4.69) is 23.0 Å². The third-order valence-electron chi connectivity index (χ3n) is 7.26. The third-order valence-corrected chi connectivity index (χ3v) is 8.28. The molecule has 2 aliphatic rings. The predicted octanol–water partition coefficient (Wildman–Crippen LogP) is 4.92. The maximum Gasteiger partial charge on any atom is 0.316 e. The van der Waals surface area contributed by atoms with Gasteiger partial charge in [-0.2, -0.15) is 10.2 Å². The molecule has 4 heterocycles. The number of likely N-dealkylation sites (tertiary alicyclic amines) is 1. The molecule has 1 saturated heterocycles. The second kappa shape index (κ2) is 8.41. The van der Waals surface area contributed by atoms with E-state index in [1.807, 2.05) is 13.1 Å². The first kappa shape index (κ1) is 22.2. The summed E-state index contributed by atoms with van der Waals surface area (Å²) >= 11 is 1.10. The number of likely N-dealkylation sites (N-methyl/N-ethyl adjacent to an activating group) is 1. The smallest absolute Gasteiger partial charge is 0.316 e. The van der Waals surface area contributed by atoms with Gasteiger partial charge in [-0.25, -0.2) is 9.37 Å². The Balaban J connectivity index is 1.54. The average Bonchev–Trinajstić information content (AvgIpc) is 3.58. The van der Waals surface area contributed by atoms with Crippen molar-refractivity contribution in [3.63, 3.8) is 0 Å². The molecule has 0 saturated carbocycles. The van der Waals surface area contributed by atoms with Gasteiger partial charge in [0.15, 0.2) is 0 Å². The number of nitrogens with two attached hydrogens (primary N) is 1. The quantitative estimate of drug-likeness (QED) is 0.435. The molecule has 35 heavy (non-hydrogen) atoms. The van der Waals surface area contributed by atoms with Crippen molar-refractivity contribution in [3.8, 4) is 23.2 Å². The van der Waals surface area contributed by atoms with Crippen LogP contribution in [0.1, 0.15) is 35.1 Å². The van der Waals surface area contributed by atoms with Gasteiger partial charge in [0.25, 0.3) is 0 Å². The highest BCUT2D eigenvalue weighted by molar-refractivity contribution is 7.23. The van der Waals surface area contributed by atoms with Gasteiger partial charge >= 0.3 is 6.01 Å². The number of hydrogen-bond acceptors (Lipinski definition) is 8. The maximum absolute atomic E-state index is 14.7. The monoisotopic (exact) mass is 489 g/mol. The first-order valence-corrected chi connectivity index (χ1v) is 12.4. The van der Waals surface area contributed by atoms with E-state index in [1.165, 1.54) is 12.5 Å². The Morgan fingerprint density at radius 3 is 2.94 bits per heavy atom. The first-order valence-electron chi connectivity index (χ1n) is 11.6. The number of hydrogen-bond donors (Lipinski definition) is 1. The number of halogens is 1. The van der Waals surface area contributed by atoms with Crippen LogP contribution >= 0.6 is 11.3 Å². The summed E-state index contributed by atoms with van der Waals surface area (Å²) in [4.78, 5) is 11.6. The molecule has 9 heteroatoms. The molecule has 0 radical (unpaired) electrons. The summed E-state index contributed by atoms with van der Waals surface area (Å²) in [6, 6.07) is 6.04. The van der Waals surface area contributed by atoms with E-state index in [4.69, 9.17) is 20.2 Å². The fraction of sp³-hybridized carbons (Fsp3) is 0.346. The number of ether oxygens (including phenoxy) is 2. The zero-order valence-electron chi connectivity index (χ0n) is 19.5. The second-order valence-corrected chi connectivity index (χ2v) is 10.3. The van der Waals surface area contributed by atoms with E-state index in [-0.39, 0.29) is 5.82 Å². The number of thiophene rings is 1. The maximum atomic E-state index is 14.7. The highest BCUT2D eigenvalue weighted by Gasteiger charge is 2.28. The molecule has 0 aliphatic carbocycles. The number of rotatable bonds is 4. The van der Waals surface area contributed by atoms with Crippen LogP contribution in [-0.2, 0) is 18.0 Å². The Hall–Kier alpha value is -3.32. The van der Waals surface area contributed by atoms with Crippen molar-refractivity contribution in [2.24, 2.45) is 0 Å². The molecule has 7 nitrogen and oxygen atoms in total. The summed E-state index contributed by atoms with van der Waals surface area (Å²) < 4.78 is 27.0. The standard InChI is InChI=1S/C26H24FN5O2S/c1-13-21(15-5-6-20(27)24-22(15)16(8-28)25(29)35-24)19-12-33-11-18(19)17-9-30-26(31-23(13)17)34-10-14-4-3-7-32(14)2/h5-6,9,14H,3-4,7,10-12,29H2,1-2H3/t14-/m0/s1. The van der Waals surface area contributed by atoms with Gasteiger partial charge in [-0.3, -0.25) is 0 Å². The topological polar surface area (TPSA) is 97.3 Å². The summed E-state index contributed by atoms with van der Waals surface area (Å²) in [5, 5.41) is 11.6. The number of nitriles is 1. The molecule has 2 aliphatic heterocycles. The van der Waals surface area contributed by atoms with Crippen molar-refractivity contribution in [2.75, 3.05) is 25.9 Å². The van der Waals surface area contributed by atoms with Crippen LogP contribution in [0, 0.1) is 24.1 Å². The number of fused-ring (bicyclic) bond motifs is 4. The Kier molecular flexibility index (Phi) is 5.33. The molecule has 0 spiro atoms. The molecule has 2 aromatic carbocycles. The number of nitrogens with zero attached hydrogens (tertiary/aromatic N) is 4. The fourth-order valence-electron chi connectivity index (χ4n) is 5.41. The fourth-order valence-corrected chi connectivity index (χ4v) is 6.36. The van der Waals surface area contributed by atoms with Gasteiger partial charge in [0.1, 0.15) is 23.5 Å². The van der Waals surface area contributed by atoms with E-state index in [0.29, 0.717) is 52.5 Å². The molecule has 0 bridgehead atoms. The highest BCUT2D eigenvalue weighted by Crippen LogP contribution is 2.46. The van der Waals surface area contributed by atoms with Crippen LogP contribution in [0.2, 0.25) is 0 Å². The van der Waals surface area contributed by atoms with Gasteiger partial charge in [-0.1, -0.05) is 6.07 Å². The zero-order chi connectivity index (χ0) is 24.3. The molecule has 6 rings (SSSR count). The van der Waals surface area contributed by atoms with E-state index >= 15 is 0 Å². The molecule has 4 aromatic rings. The number of aromatic nitrogens is 2. The van der Waals surface area contributed by atoms with Crippen LogP contribution in [-0.4, -0.2) is 41.1 Å². The van der Waals surface area contributed by atoms with Gasteiger partial charge in [0.05, 0.1) is 29.0 Å². The van der Waals surface area contributed by atoms with Crippen molar-refractivity contribution < 1.29 is 13.9 Å². The normalized spacial score (nSPS) is 17.8. The van der Waals surface area contributed by atoms with Gasteiger partial charge in [-0.15, -0.1) is 11.3 Å². The summed E-state index contributed by atoms with van der Waals surface area (Å²) in [6.45, 7) is 4.48. The van der Waals surface area contributed by atoms with E-state index in [0.717, 1.165) is 63.0 Å². The summed E-state index contributed by atoms with van der Waals surface area (Å²) in [7, 11) is 2.11. The van der Waals surface area contributed by atoms with Crippen molar-refractivity contribution in [1.82, 2.24) is 14.9 Å². The van der Waals surface area contributed by atoms with Crippen molar-refractivity contribution in [2.45, 2.75) is 39.0 Å². The van der Waals surface area contributed by atoms with Crippen molar-refractivity contribution >= 4 is 37.3 Å². The lowest BCUT2D eigenvalue weighted by atomic mass is 9.88. The van der Waals surface area contributed by atoms with Gasteiger partial charge in [0.2, 0.25) is 0 Å². The summed E-state index contributed by atoms with van der Waals surface area (Å²) in [6.07, 6.45) is 4.08. The van der Waals surface area contributed by atoms with E-state index in [9.17, 15) is 9.65 Å². The molecule has 1 fully saturated rings. The number of benzene rings is 2. The minimum Gasteiger partial charge on any atom is -0.462 e. The number of anilines is 1. The lowest BCUT2D eigenvalue weighted by Gasteiger charge is -2.19. The molecule has 0 unspecified atom stereocenters.